The van der Waals surface area contributed by atoms with Gasteiger partial charge in [0, 0.05) is 25.7 Å². The standard InChI is InChI=1S/C16H33N3O2/c1-5-10-17-14-6-8-15(9-7-14)19(3)13(2)16(20)18-11-12-21-4/h13-15,17H,5-12H2,1-4H3,(H,18,20). The molecule has 0 saturated heterocycles. The van der Waals surface area contributed by atoms with Crippen LogP contribution in [-0.4, -0.2) is 62.8 Å². The molecule has 0 bridgehead atoms. The summed E-state index contributed by atoms with van der Waals surface area (Å²) in [6.45, 7) is 6.46. The predicted octanol–water partition coefficient (Wildman–Crippen LogP) is 1.38. The Morgan fingerprint density at radius 1 is 1.29 bits per heavy atom. The van der Waals surface area contributed by atoms with E-state index in [4.69, 9.17) is 4.74 Å². The number of likely N-dealkylation sites (N-methyl/N-ethyl adjacent to an activating group) is 1. The van der Waals surface area contributed by atoms with E-state index < -0.39 is 0 Å². The molecular weight excluding hydrogens is 266 g/mol. The number of hydrogen-bond donors (Lipinski definition) is 2. The van der Waals surface area contributed by atoms with Gasteiger partial charge in [-0.3, -0.25) is 9.69 Å². The van der Waals surface area contributed by atoms with Crippen molar-refractivity contribution in [2.24, 2.45) is 0 Å². The van der Waals surface area contributed by atoms with Gasteiger partial charge in [-0.1, -0.05) is 6.92 Å². The first kappa shape index (κ1) is 18.4. The Morgan fingerprint density at radius 3 is 2.52 bits per heavy atom. The number of carbonyl (C=O) groups is 1. The summed E-state index contributed by atoms with van der Waals surface area (Å²) >= 11 is 0. The molecule has 0 aromatic rings. The molecule has 1 fully saturated rings. The number of hydrogen-bond acceptors (Lipinski definition) is 4. The van der Waals surface area contributed by atoms with Gasteiger partial charge in [0.25, 0.3) is 0 Å². The van der Waals surface area contributed by atoms with Gasteiger partial charge in [0.05, 0.1) is 12.6 Å². The van der Waals surface area contributed by atoms with Crippen molar-refractivity contribution < 1.29 is 9.53 Å². The van der Waals surface area contributed by atoms with Crippen molar-refractivity contribution in [2.75, 3.05) is 33.9 Å². The van der Waals surface area contributed by atoms with E-state index in [0.29, 0.717) is 25.2 Å². The highest BCUT2D eigenvalue weighted by Crippen LogP contribution is 2.23. The lowest BCUT2D eigenvalue weighted by Gasteiger charge is -2.37. The van der Waals surface area contributed by atoms with E-state index in [-0.39, 0.29) is 11.9 Å². The van der Waals surface area contributed by atoms with Crippen LogP contribution in [0.3, 0.4) is 0 Å². The third-order valence-electron chi connectivity index (χ3n) is 4.55. The minimum atomic E-state index is -0.0768. The highest BCUT2D eigenvalue weighted by Gasteiger charge is 2.28. The third-order valence-corrected chi connectivity index (χ3v) is 4.55. The zero-order chi connectivity index (χ0) is 15.7. The van der Waals surface area contributed by atoms with E-state index in [2.05, 4.69) is 29.5 Å². The van der Waals surface area contributed by atoms with Crippen LogP contribution in [0.4, 0.5) is 0 Å². The lowest BCUT2D eigenvalue weighted by Crippen LogP contribution is -2.50. The van der Waals surface area contributed by atoms with Crippen molar-refractivity contribution in [2.45, 2.75) is 64.1 Å². The molecule has 1 rings (SSSR count). The maximum atomic E-state index is 12.1. The van der Waals surface area contributed by atoms with E-state index in [1.807, 2.05) is 6.92 Å². The van der Waals surface area contributed by atoms with Crippen LogP contribution in [0.15, 0.2) is 0 Å². The molecule has 124 valence electrons. The van der Waals surface area contributed by atoms with Crippen molar-refractivity contribution >= 4 is 5.91 Å². The Labute approximate surface area is 129 Å². The van der Waals surface area contributed by atoms with Gasteiger partial charge in [0.2, 0.25) is 5.91 Å². The van der Waals surface area contributed by atoms with Crippen LogP contribution < -0.4 is 10.6 Å². The number of amides is 1. The first-order valence-corrected chi connectivity index (χ1v) is 8.32. The van der Waals surface area contributed by atoms with E-state index >= 15 is 0 Å². The minimum absolute atomic E-state index is 0.0768. The van der Waals surface area contributed by atoms with Gasteiger partial charge in [-0.2, -0.15) is 0 Å². The first-order chi connectivity index (χ1) is 10.1. The maximum absolute atomic E-state index is 12.1. The van der Waals surface area contributed by atoms with E-state index in [0.717, 1.165) is 6.54 Å². The number of ether oxygens (including phenoxy) is 1. The molecule has 0 radical (unpaired) electrons. The molecule has 5 nitrogen and oxygen atoms in total. The van der Waals surface area contributed by atoms with Crippen LogP contribution >= 0.6 is 0 Å². The van der Waals surface area contributed by atoms with Gasteiger partial charge in [-0.05, 0) is 52.6 Å². The molecule has 1 atom stereocenters. The summed E-state index contributed by atoms with van der Waals surface area (Å²) in [5.41, 5.74) is 0. The van der Waals surface area contributed by atoms with Crippen molar-refractivity contribution in [1.82, 2.24) is 15.5 Å². The van der Waals surface area contributed by atoms with E-state index in [1.165, 1.54) is 32.1 Å². The van der Waals surface area contributed by atoms with E-state index in [9.17, 15) is 4.79 Å². The van der Waals surface area contributed by atoms with Gasteiger partial charge in [0.1, 0.15) is 0 Å². The monoisotopic (exact) mass is 299 g/mol. The Morgan fingerprint density at radius 2 is 1.95 bits per heavy atom. The predicted molar refractivity (Wildman–Crippen MR) is 86.4 cm³/mol. The SMILES string of the molecule is CCCNC1CCC(N(C)C(C)C(=O)NCCOC)CC1. The van der Waals surface area contributed by atoms with Crippen LogP contribution in [0.5, 0.6) is 0 Å². The summed E-state index contributed by atoms with van der Waals surface area (Å²) in [6.07, 6.45) is 5.97. The third kappa shape index (κ3) is 6.32. The molecule has 0 aromatic heterocycles. The first-order valence-electron chi connectivity index (χ1n) is 8.32. The minimum Gasteiger partial charge on any atom is -0.383 e. The van der Waals surface area contributed by atoms with Crippen LogP contribution in [0.1, 0.15) is 46.0 Å². The zero-order valence-corrected chi connectivity index (χ0v) is 14.2. The van der Waals surface area contributed by atoms with Gasteiger partial charge < -0.3 is 15.4 Å². The Hall–Kier alpha value is -0.650. The molecule has 1 aliphatic carbocycles. The molecule has 1 unspecified atom stereocenters. The number of methoxy groups -OCH3 is 1. The van der Waals surface area contributed by atoms with Crippen molar-refractivity contribution in [3.8, 4) is 0 Å². The molecule has 1 saturated carbocycles. The summed E-state index contributed by atoms with van der Waals surface area (Å²) in [4.78, 5) is 14.3. The number of carbonyl (C=O) groups excluding carboxylic acids is 1. The Bertz CT molecular complexity index is 291. The van der Waals surface area contributed by atoms with Crippen LogP contribution in [0, 0.1) is 0 Å². The highest BCUT2D eigenvalue weighted by molar-refractivity contribution is 5.81. The van der Waals surface area contributed by atoms with E-state index in [1.54, 1.807) is 7.11 Å². The average Bonchev–Trinajstić information content (AvgIpc) is 2.52. The van der Waals surface area contributed by atoms with Crippen molar-refractivity contribution in [3.63, 3.8) is 0 Å². The largest absolute Gasteiger partial charge is 0.383 e. The topological polar surface area (TPSA) is 53.6 Å². The lowest BCUT2D eigenvalue weighted by molar-refractivity contribution is -0.126. The molecule has 0 aliphatic heterocycles. The number of rotatable bonds is 9. The Kier molecular flexibility index (Phi) is 8.88. The molecule has 0 heterocycles. The van der Waals surface area contributed by atoms with Crippen molar-refractivity contribution in [1.29, 1.82) is 0 Å². The second-order valence-corrected chi connectivity index (χ2v) is 6.08. The molecule has 5 heteroatoms. The Balaban J connectivity index is 2.31. The summed E-state index contributed by atoms with van der Waals surface area (Å²) in [5.74, 6) is 0.0979. The van der Waals surface area contributed by atoms with Gasteiger partial charge in [-0.15, -0.1) is 0 Å². The second-order valence-electron chi connectivity index (χ2n) is 6.08. The fourth-order valence-electron chi connectivity index (χ4n) is 2.96. The fourth-order valence-corrected chi connectivity index (χ4v) is 2.96. The number of nitrogens with zero attached hydrogens (tertiary/aromatic N) is 1. The molecule has 2 N–H and O–H groups in total. The quantitative estimate of drug-likeness (QED) is 0.632. The summed E-state index contributed by atoms with van der Waals surface area (Å²) in [6, 6.07) is 1.11. The van der Waals surface area contributed by atoms with Crippen LogP contribution in [-0.2, 0) is 9.53 Å². The molecule has 21 heavy (non-hydrogen) atoms. The number of nitrogens with one attached hydrogen (secondary N) is 2. The van der Waals surface area contributed by atoms with Gasteiger partial charge >= 0.3 is 0 Å². The molecule has 1 aliphatic rings. The molecule has 1 amide bonds. The maximum Gasteiger partial charge on any atom is 0.237 e. The summed E-state index contributed by atoms with van der Waals surface area (Å²) in [7, 11) is 3.72. The van der Waals surface area contributed by atoms with Crippen LogP contribution in [0.25, 0.3) is 0 Å². The smallest absolute Gasteiger partial charge is 0.237 e. The fraction of sp³-hybridized carbons (Fsp3) is 0.938. The second kappa shape index (κ2) is 10.1. The van der Waals surface area contributed by atoms with Crippen molar-refractivity contribution in [3.05, 3.63) is 0 Å². The lowest BCUT2D eigenvalue weighted by atomic mass is 9.89. The van der Waals surface area contributed by atoms with Gasteiger partial charge in [-0.25, -0.2) is 0 Å². The summed E-state index contributed by atoms with van der Waals surface area (Å²) < 4.78 is 4.96. The van der Waals surface area contributed by atoms with Crippen LogP contribution in [0.2, 0.25) is 0 Å². The normalized spacial score (nSPS) is 24.0. The molecular formula is C16H33N3O2. The molecule has 0 spiro atoms. The highest BCUT2D eigenvalue weighted by atomic mass is 16.5. The average molecular weight is 299 g/mol. The van der Waals surface area contributed by atoms with Gasteiger partial charge in [0.15, 0.2) is 0 Å². The summed E-state index contributed by atoms with van der Waals surface area (Å²) in [5, 5.41) is 6.53. The molecule has 0 aromatic carbocycles. The zero-order valence-electron chi connectivity index (χ0n) is 14.2.